The maximum absolute atomic E-state index is 10.7. The molecule has 97 valence electrons. The minimum atomic E-state index is -0.511. The topological polar surface area (TPSA) is 87.4 Å². The molecule has 1 radical (unpaired) electrons. The van der Waals surface area contributed by atoms with E-state index in [4.69, 9.17) is 22.1 Å². The molecule has 0 N–H and O–H groups in total. The smallest absolute Gasteiger partial charge is 0.273 e. The highest BCUT2D eigenvalue weighted by molar-refractivity contribution is 7.80. The van der Waals surface area contributed by atoms with E-state index in [1.54, 1.807) is 6.07 Å². The van der Waals surface area contributed by atoms with Gasteiger partial charge in [-0.15, -0.1) is 0 Å². The number of hydrogen-bond donors (Lipinski definition) is 0. The SMILES string of the molecule is COc1cnc([S])nc1Oc1cccc([N+](=O)[O-])c1. The molecule has 0 atom stereocenters. The molecule has 0 fully saturated rings. The minimum absolute atomic E-state index is 0.0795. The number of non-ortho nitro benzene ring substituents is 1. The number of hydrogen-bond acceptors (Lipinski definition) is 6. The number of nitro groups is 1. The molecule has 0 unspecified atom stereocenters. The molecule has 1 aromatic heterocycles. The Kier molecular flexibility index (Phi) is 3.71. The lowest BCUT2D eigenvalue weighted by atomic mass is 10.3. The second kappa shape index (κ2) is 5.44. The normalized spacial score (nSPS) is 9.95. The van der Waals surface area contributed by atoms with Crippen molar-refractivity contribution in [2.24, 2.45) is 0 Å². The lowest BCUT2D eigenvalue weighted by molar-refractivity contribution is -0.384. The summed E-state index contributed by atoms with van der Waals surface area (Å²) in [5.41, 5.74) is -0.0795. The lowest BCUT2D eigenvalue weighted by Crippen LogP contribution is -1.96. The summed E-state index contributed by atoms with van der Waals surface area (Å²) in [5.74, 6) is 0.670. The standard InChI is InChI=1S/C11H8N3O4S/c1-17-9-6-12-11(19)13-10(9)18-8-4-2-3-7(5-8)14(15)16/h2-6H,1H3. The monoisotopic (exact) mass is 278 g/mol. The predicted octanol–water partition coefficient (Wildman–Crippen LogP) is 2.74. The van der Waals surface area contributed by atoms with Crippen LogP contribution in [0.15, 0.2) is 35.6 Å². The summed E-state index contributed by atoms with van der Waals surface area (Å²) in [6, 6.07) is 5.72. The van der Waals surface area contributed by atoms with Gasteiger partial charge in [-0.2, -0.15) is 4.98 Å². The van der Waals surface area contributed by atoms with E-state index in [9.17, 15) is 10.1 Å². The lowest BCUT2D eigenvalue weighted by Gasteiger charge is -2.08. The molecular formula is C11H8N3O4S. The van der Waals surface area contributed by atoms with Crippen LogP contribution in [-0.4, -0.2) is 22.0 Å². The summed E-state index contributed by atoms with van der Waals surface area (Å²) in [6.45, 7) is 0. The molecule has 2 aromatic rings. The molecule has 0 aliphatic heterocycles. The van der Waals surface area contributed by atoms with Crippen LogP contribution in [0.5, 0.6) is 17.4 Å². The van der Waals surface area contributed by atoms with Crippen LogP contribution in [0.3, 0.4) is 0 Å². The van der Waals surface area contributed by atoms with Crippen LogP contribution in [0.1, 0.15) is 0 Å². The van der Waals surface area contributed by atoms with Gasteiger partial charge in [0.2, 0.25) is 5.16 Å². The van der Waals surface area contributed by atoms with Crippen LogP contribution in [0.4, 0.5) is 5.69 Å². The first-order valence-corrected chi connectivity index (χ1v) is 5.51. The van der Waals surface area contributed by atoms with E-state index >= 15 is 0 Å². The highest BCUT2D eigenvalue weighted by atomic mass is 32.1. The number of ether oxygens (including phenoxy) is 2. The molecule has 1 heterocycles. The Balaban J connectivity index is 2.33. The zero-order valence-electron chi connectivity index (χ0n) is 9.77. The maximum atomic E-state index is 10.7. The molecule has 0 aliphatic carbocycles. The zero-order chi connectivity index (χ0) is 13.8. The maximum Gasteiger partial charge on any atom is 0.273 e. The van der Waals surface area contributed by atoms with Crippen molar-refractivity contribution < 1.29 is 14.4 Å². The molecule has 0 saturated carbocycles. The van der Waals surface area contributed by atoms with E-state index in [1.165, 1.54) is 31.5 Å². The van der Waals surface area contributed by atoms with Gasteiger partial charge in [0.05, 0.1) is 24.3 Å². The average molecular weight is 278 g/mol. The number of nitro benzene ring substituents is 1. The Hall–Kier alpha value is -2.48. The minimum Gasteiger partial charge on any atom is -0.490 e. The molecule has 0 aliphatic rings. The fourth-order valence-electron chi connectivity index (χ4n) is 1.33. The predicted molar refractivity (Wildman–Crippen MR) is 67.6 cm³/mol. The Morgan fingerprint density at radius 1 is 1.42 bits per heavy atom. The summed E-state index contributed by atoms with van der Waals surface area (Å²) in [4.78, 5) is 17.8. The van der Waals surface area contributed by atoms with Crippen molar-refractivity contribution in [2.45, 2.75) is 5.16 Å². The van der Waals surface area contributed by atoms with Crippen molar-refractivity contribution in [3.05, 3.63) is 40.6 Å². The van der Waals surface area contributed by atoms with Crippen LogP contribution >= 0.6 is 12.6 Å². The molecule has 0 saturated heterocycles. The van der Waals surface area contributed by atoms with Crippen molar-refractivity contribution in [2.75, 3.05) is 7.11 Å². The Bertz CT molecular complexity index is 621. The van der Waals surface area contributed by atoms with Crippen molar-refractivity contribution >= 4 is 18.3 Å². The molecule has 19 heavy (non-hydrogen) atoms. The van der Waals surface area contributed by atoms with E-state index in [2.05, 4.69) is 9.97 Å². The third kappa shape index (κ3) is 3.05. The van der Waals surface area contributed by atoms with E-state index in [-0.39, 0.29) is 22.5 Å². The molecule has 2 rings (SSSR count). The zero-order valence-corrected chi connectivity index (χ0v) is 10.6. The molecule has 0 amide bonds. The molecule has 7 nitrogen and oxygen atoms in total. The quantitative estimate of drug-likeness (QED) is 0.485. The van der Waals surface area contributed by atoms with Gasteiger partial charge in [-0.25, -0.2) is 4.98 Å². The van der Waals surface area contributed by atoms with E-state index in [0.29, 0.717) is 5.75 Å². The Morgan fingerprint density at radius 3 is 2.89 bits per heavy atom. The molecule has 0 spiro atoms. The fraction of sp³-hybridized carbons (Fsp3) is 0.0909. The van der Waals surface area contributed by atoms with E-state index in [0.717, 1.165) is 0 Å². The van der Waals surface area contributed by atoms with Gasteiger partial charge in [0.1, 0.15) is 5.75 Å². The van der Waals surface area contributed by atoms with Gasteiger partial charge in [0, 0.05) is 6.07 Å². The van der Waals surface area contributed by atoms with Crippen LogP contribution in [0.25, 0.3) is 0 Å². The van der Waals surface area contributed by atoms with Crippen LogP contribution in [0.2, 0.25) is 0 Å². The summed E-state index contributed by atoms with van der Waals surface area (Å²) < 4.78 is 10.4. The van der Waals surface area contributed by atoms with Crippen LogP contribution in [-0.2, 0) is 0 Å². The molecule has 8 heteroatoms. The van der Waals surface area contributed by atoms with Gasteiger partial charge in [-0.1, -0.05) is 6.07 Å². The first-order chi connectivity index (χ1) is 9.10. The number of rotatable bonds is 4. The van der Waals surface area contributed by atoms with Gasteiger partial charge >= 0.3 is 0 Å². The summed E-state index contributed by atoms with van der Waals surface area (Å²) in [7, 11) is 1.43. The van der Waals surface area contributed by atoms with Crippen LogP contribution < -0.4 is 9.47 Å². The highest BCUT2D eigenvalue weighted by Gasteiger charge is 2.12. The average Bonchev–Trinajstić information content (AvgIpc) is 2.39. The number of nitrogens with zero attached hydrogens (tertiary/aromatic N) is 3. The van der Waals surface area contributed by atoms with Crippen molar-refractivity contribution in [3.8, 4) is 17.4 Å². The first kappa shape index (κ1) is 13.0. The van der Waals surface area contributed by atoms with Gasteiger partial charge in [-0.05, 0) is 18.7 Å². The third-order valence-corrected chi connectivity index (χ3v) is 2.36. The van der Waals surface area contributed by atoms with Gasteiger partial charge in [-0.3, -0.25) is 10.1 Å². The second-order valence-electron chi connectivity index (χ2n) is 3.38. The number of benzene rings is 1. The largest absolute Gasteiger partial charge is 0.490 e. The molecular weight excluding hydrogens is 270 g/mol. The second-order valence-corrected chi connectivity index (χ2v) is 3.75. The first-order valence-electron chi connectivity index (χ1n) is 5.10. The highest BCUT2D eigenvalue weighted by Crippen LogP contribution is 2.30. The van der Waals surface area contributed by atoms with E-state index in [1.807, 2.05) is 0 Å². The van der Waals surface area contributed by atoms with E-state index < -0.39 is 4.92 Å². The molecule has 0 bridgehead atoms. The summed E-state index contributed by atoms with van der Waals surface area (Å²) in [6.07, 6.45) is 1.38. The van der Waals surface area contributed by atoms with Gasteiger partial charge in [0.15, 0.2) is 5.75 Å². The van der Waals surface area contributed by atoms with Gasteiger partial charge < -0.3 is 9.47 Å². The Labute approximate surface area is 113 Å². The summed E-state index contributed by atoms with van der Waals surface area (Å²) in [5, 5.41) is 10.8. The van der Waals surface area contributed by atoms with Crippen molar-refractivity contribution in [1.29, 1.82) is 0 Å². The number of methoxy groups -OCH3 is 1. The third-order valence-electron chi connectivity index (χ3n) is 2.16. The summed E-state index contributed by atoms with van der Waals surface area (Å²) >= 11 is 4.82. The number of aromatic nitrogens is 2. The van der Waals surface area contributed by atoms with Crippen LogP contribution in [0, 0.1) is 10.1 Å². The molecule has 1 aromatic carbocycles. The van der Waals surface area contributed by atoms with Gasteiger partial charge in [0.25, 0.3) is 11.6 Å². The fourth-order valence-corrected chi connectivity index (χ4v) is 1.46. The Morgan fingerprint density at radius 2 is 2.21 bits per heavy atom. The van der Waals surface area contributed by atoms with Crippen molar-refractivity contribution in [3.63, 3.8) is 0 Å². The van der Waals surface area contributed by atoms with Crippen molar-refractivity contribution in [1.82, 2.24) is 9.97 Å².